The smallest absolute Gasteiger partial charge is 0.167 e. The molecule has 5 aromatic rings. The first-order chi connectivity index (χ1) is 17.5. The van der Waals surface area contributed by atoms with Crippen LogP contribution in [0.4, 0.5) is 0 Å². The van der Waals surface area contributed by atoms with Crippen LogP contribution in [-0.2, 0) is 0 Å². The number of rotatable bonds is 6. The Morgan fingerprint density at radius 3 is 1.11 bits per heavy atom. The maximum Gasteiger partial charge on any atom is 0.214 e. The summed E-state index contributed by atoms with van der Waals surface area (Å²) >= 11 is 0. The van der Waals surface area contributed by atoms with Gasteiger partial charge in [0, 0.05) is 47.5 Å². The highest BCUT2D eigenvalue weighted by atomic mass is 14.9. The summed E-state index contributed by atoms with van der Waals surface area (Å²) in [6.45, 7) is 8.98. The zero-order valence-electron chi connectivity index (χ0n) is 21.6. The van der Waals surface area contributed by atoms with Crippen molar-refractivity contribution in [2.45, 2.75) is 39.5 Å². The molecule has 0 aliphatic carbocycles. The van der Waals surface area contributed by atoms with E-state index in [1.807, 2.05) is 0 Å². The van der Waals surface area contributed by atoms with E-state index in [1.165, 1.54) is 44.8 Å². The van der Waals surface area contributed by atoms with Crippen LogP contribution in [0.5, 0.6) is 0 Å². The van der Waals surface area contributed by atoms with Crippen LogP contribution in [0.1, 0.15) is 50.7 Å². The molecule has 0 saturated carbocycles. The molecule has 0 spiro atoms. The van der Waals surface area contributed by atoms with Gasteiger partial charge in [-0.15, -0.1) is 0 Å². The third-order valence-electron chi connectivity index (χ3n) is 6.88. The molecule has 0 fully saturated rings. The van der Waals surface area contributed by atoms with Crippen LogP contribution < -0.4 is 9.13 Å². The number of para-hydroxylation sites is 2. The average Bonchev–Trinajstić information content (AvgIpc) is 2.93. The van der Waals surface area contributed by atoms with Crippen LogP contribution >= 0.6 is 0 Å². The molecule has 0 aliphatic rings. The molecule has 0 N–H and O–H groups in total. The number of pyridine rings is 2. The summed E-state index contributed by atoms with van der Waals surface area (Å²) in [6, 6.07) is 34.8. The molecule has 2 heterocycles. The first-order valence-electron chi connectivity index (χ1n) is 12.8. The Morgan fingerprint density at radius 1 is 0.417 bits per heavy atom. The van der Waals surface area contributed by atoms with Gasteiger partial charge in [0.25, 0.3) is 0 Å². The van der Waals surface area contributed by atoms with Crippen molar-refractivity contribution in [1.82, 2.24) is 0 Å². The fourth-order valence-electron chi connectivity index (χ4n) is 4.94. The SMILES string of the molecule is CC(C)c1ccccc1-[n+]1ccc(-c2ccccc2-c2cc[n+](-c3ccccc3C(C)C)cc2)cc1. The van der Waals surface area contributed by atoms with Crippen molar-refractivity contribution in [3.05, 3.63) is 133 Å². The van der Waals surface area contributed by atoms with Crippen molar-refractivity contribution in [2.75, 3.05) is 0 Å². The molecule has 0 unspecified atom stereocenters. The molecular weight excluding hydrogens is 436 g/mol. The lowest BCUT2D eigenvalue weighted by Crippen LogP contribution is -2.31. The van der Waals surface area contributed by atoms with Crippen LogP contribution in [0.3, 0.4) is 0 Å². The van der Waals surface area contributed by atoms with E-state index in [1.54, 1.807) is 0 Å². The lowest BCUT2D eigenvalue weighted by Gasteiger charge is -2.11. The van der Waals surface area contributed by atoms with Gasteiger partial charge in [-0.1, -0.05) is 88.4 Å². The van der Waals surface area contributed by atoms with E-state index in [-0.39, 0.29) is 0 Å². The molecule has 2 nitrogen and oxygen atoms in total. The Morgan fingerprint density at radius 2 is 0.750 bits per heavy atom. The van der Waals surface area contributed by atoms with E-state index < -0.39 is 0 Å². The van der Waals surface area contributed by atoms with E-state index in [0.717, 1.165) is 0 Å². The average molecular weight is 471 g/mol. The minimum atomic E-state index is 0.474. The zero-order chi connectivity index (χ0) is 25.1. The molecule has 0 aliphatic heterocycles. The molecule has 0 atom stereocenters. The van der Waals surface area contributed by atoms with Crippen LogP contribution in [0.2, 0.25) is 0 Å². The molecule has 0 saturated heterocycles. The summed E-state index contributed by atoms with van der Waals surface area (Å²) in [5.41, 5.74) is 10.1. The first kappa shape index (κ1) is 23.7. The van der Waals surface area contributed by atoms with Gasteiger partial charge in [0.2, 0.25) is 11.4 Å². The zero-order valence-corrected chi connectivity index (χ0v) is 21.6. The second-order valence-corrected chi connectivity index (χ2v) is 9.96. The predicted octanol–water partition coefficient (Wildman–Crippen LogP) is 7.82. The number of benzene rings is 3. The number of aromatic nitrogens is 2. The lowest BCUT2D eigenvalue weighted by atomic mass is 9.95. The Labute approximate surface area is 215 Å². The molecule has 0 radical (unpaired) electrons. The lowest BCUT2D eigenvalue weighted by molar-refractivity contribution is -0.596. The van der Waals surface area contributed by atoms with Crippen LogP contribution in [-0.4, -0.2) is 0 Å². The Kier molecular flexibility index (Phi) is 6.77. The van der Waals surface area contributed by atoms with Gasteiger partial charge >= 0.3 is 0 Å². The Bertz CT molecular complexity index is 1350. The van der Waals surface area contributed by atoms with Gasteiger partial charge in [-0.3, -0.25) is 0 Å². The van der Waals surface area contributed by atoms with E-state index >= 15 is 0 Å². The summed E-state index contributed by atoms with van der Waals surface area (Å²) in [7, 11) is 0. The Balaban J connectivity index is 1.48. The summed E-state index contributed by atoms with van der Waals surface area (Å²) in [6.07, 6.45) is 8.70. The number of hydrogen-bond acceptors (Lipinski definition) is 0. The fraction of sp³-hybridized carbons (Fsp3) is 0.176. The second kappa shape index (κ2) is 10.3. The summed E-state index contributed by atoms with van der Waals surface area (Å²) in [4.78, 5) is 0. The molecule has 178 valence electrons. The molecule has 0 amide bonds. The predicted molar refractivity (Wildman–Crippen MR) is 149 cm³/mol. The van der Waals surface area contributed by atoms with Gasteiger partial charge in [0.1, 0.15) is 0 Å². The fourth-order valence-corrected chi connectivity index (χ4v) is 4.94. The monoisotopic (exact) mass is 470 g/mol. The quantitative estimate of drug-likeness (QED) is 0.224. The topological polar surface area (TPSA) is 7.76 Å². The van der Waals surface area contributed by atoms with Crippen molar-refractivity contribution >= 4 is 0 Å². The summed E-state index contributed by atoms with van der Waals surface area (Å²) < 4.78 is 4.44. The normalized spacial score (nSPS) is 11.3. The number of hydrogen-bond donors (Lipinski definition) is 0. The van der Waals surface area contributed by atoms with E-state index in [4.69, 9.17) is 0 Å². The summed E-state index contributed by atoms with van der Waals surface area (Å²) in [5.74, 6) is 0.949. The minimum absolute atomic E-state index is 0.474. The third kappa shape index (κ3) is 4.72. The van der Waals surface area contributed by atoms with Crippen molar-refractivity contribution in [3.8, 4) is 33.6 Å². The molecule has 0 bridgehead atoms. The van der Waals surface area contributed by atoms with Gasteiger partial charge in [0.15, 0.2) is 24.8 Å². The van der Waals surface area contributed by atoms with Gasteiger partial charge in [-0.25, -0.2) is 0 Å². The van der Waals surface area contributed by atoms with Crippen molar-refractivity contribution in [1.29, 1.82) is 0 Å². The van der Waals surface area contributed by atoms with Crippen molar-refractivity contribution in [3.63, 3.8) is 0 Å². The largest absolute Gasteiger partial charge is 0.214 e. The standard InChI is InChI=1S/C34H34N2/c1-25(2)29-11-7-9-15-33(29)35-21-17-27(18-22-35)31-13-5-6-14-32(31)28-19-23-36(24-20-28)34-16-10-8-12-30(34)26(3)4/h5-26H,1-4H3/q+2. The minimum Gasteiger partial charge on any atom is -0.167 e. The van der Waals surface area contributed by atoms with Crippen molar-refractivity contribution < 1.29 is 9.13 Å². The highest BCUT2D eigenvalue weighted by molar-refractivity contribution is 5.82. The van der Waals surface area contributed by atoms with E-state index in [9.17, 15) is 0 Å². The van der Waals surface area contributed by atoms with Gasteiger partial charge in [-0.05, 0) is 34.1 Å². The van der Waals surface area contributed by atoms with Gasteiger partial charge in [-0.2, -0.15) is 9.13 Å². The van der Waals surface area contributed by atoms with Gasteiger partial charge < -0.3 is 0 Å². The first-order valence-corrected chi connectivity index (χ1v) is 12.8. The molecule has 3 aromatic carbocycles. The third-order valence-corrected chi connectivity index (χ3v) is 6.88. The van der Waals surface area contributed by atoms with Gasteiger partial charge in [0.05, 0.1) is 0 Å². The summed E-state index contributed by atoms with van der Waals surface area (Å²) in [5, 5.41) is 0. The van der Waals surface area contributed by atoms with Crippen LogP contribution in [0.15, 0.2) is 122 Å². The Hall–Kier alpha value is -4.04. The molecule has 5 rings (SSSR count). The van der Waals surface area contributed by atoms with E-state index in [0.29, 0.717) is 11.8 Å². The maximum absolute atomic E-state index is 2.25. The maximum atomic E-state index is 2.25. The molecular formula is C34H34N2+2. The van der Waals surface area contributed by atoms with E-state index in [2.05, 4.69) is 159 Å². The molecule has 2 heteroatoms. The number of nitrogens with zero attached hydrogens (tertiary/aromatic N) is 2. The highest BCUT2D eigenvalue weighted by Gasteiger charge is 2.17. The molecule has 36 heavy (non-hydrogen) atoms. The van der Waals surface area contributed by atoms with Crippen LogP contribution in [0.25, 0.3) is 33.6 Å². The second-order valence-electron chi connectivity index (χ2n) is 9.96. The molecule has 2 aromatic heterocycles. The van der Waals surface area contributed by atoms with Crippen molar-refractivity contribution in [2.24, 2.45) is 0 Å². The van der Waals surface area contributed by atoms with Crippen LogP contribution in [0, 0.1) is 0 Å². The highest BCUT2D eigenvalue weighted by Crippen LogP contribution is 2.31.